The van der Waals surface area contributed by atoms with Gasteiger partial charge in [-0.2, -0.15) is 0 Å². The zero-order valence-electron chi connectivity index (χ0n) is 13.0. The van der Waals surface area contributed by atoms with Crippen LogP contribution >= 0.6 is 15.9 Å². The molecule has 0 spiro atoms. The van der Waals surface area contributed by atoms with Crippen LogP contribution in [0, 0.1) is 0 Å². The second-order valence-electron chi connectivity index (χ2n) is 5.08. The molecule has 0 radical (unpaired) electrons. The molecule has 0 heterocycles. The van der Waals surface area contributed by atoms with Crippen molar-refractivity contribution in [1.82, 2.24) is 5.32 Å². The summed E-state index contributed by atoms with van der Waals surface area (Å²) in [7, 11) is 1.68. The van der Waals surface area contributed by atoms with E-state index in [1.165, 1.54) is 6.92 Å². The van der Waals surface area contributed by atoms with E-state index in [1.54, 1.807) is 31.3 Å². The first-order chi connectivity index (χ1) is 11.0. The number of likely N-dealkylation sites (N-methyl/N-ethyl adjacent to an activating group) is 1. The SMILES string of the molecule is CN[C@H](C(=O)c1ccccc1)[C@H](OC(C)=O)c1ccc(Br)cc1. The summed E-state index contributed by atoms with van der Waals surface area (Å²) in [6.45, 7) is 1.34. The van der Waals surface area contributed by atoms with Crippen LogP contribution in [0.4, 0.5) is 0 Å². The van der Waals surface area contributed by atoms with Gasteiger partial charge in [0.15, 0.2) is 5.78 Å². The van der Waals surface area contributed by atoms with Crippen molar-refractivity contribution in [1.29, 1.82) is 0 Å². The molecule has 0 aliphatic rings. The third-order valence-corrected chi connectivity index (χ3v) is 3.97. The summed E-state index contributed by atoms with van der Waals surface area (Å²) in [5.41, 5.74) is 1.33. The molecule has 0 bridgehead atoms. The van der Waals surface area contributed by atoms with E-state index in [-0.39, 0.29) is 5.78 Å². The number of carbonyl (C=O) groups is 2. The maximum Gasteiger partial charge on any atom is 0.303 e. The number of ketones is 1. The molecule has 2 aromatic rings. The number of rotatable bonds is 6. The average molecular weight is 376 g/mol. The molecule has 2 rings (SSSR count). The van der Waals surface area contributed by atoms with E-state index < -0.39 is 18.1 Å². The first kappa shape index (κ1) is 17.4. The largest absolute Gasteiger partial charge is 0.455 e. The Morgan fingerprint density at radius 3 is 2.17 bits per heavy atom. The van der Waals surface area contributed by atoms with Gasteiger partial charge in [0.05, 0.1) is 0 Å². The summed E-state index contributed by atoms with van der Waals surface area (Å²) in [4.78, 5) is 24.3. The van der Waals surface area contributed by atoms with Crippen molar-refractivity contribution in [3.8, 4) is 0 Å². The predicted octanol–water partition coefficient (Wildman–Crippen LogP) is 3.52. The number of hydrogen-bond donors (Lipinski definition) is 1. The fourth-order valence-corrected chi connectivity index (χ4v) is 2.63. The van der Waals surface area contributed by atoms with Crippen molar-refractivity contribution >= 4 is 27.7 Å². The molecule has 5 heteroatoms. The monoisotopic (exact) mass is 375 g/mol. The molecule has 4 nitrogen and oxygen atoms in total. The predicted molar refractivity (Wildman–Crippen MR) is 92.3 cm³/mol. The Morgan fingerprint density at radius 2 is 1.65 bits per heavy atom. The summed E-state index contributed by atoms with van der Waals surface area (Å²) >= 11 is 3.37. The van der Waals surface area contributed by atoms with Crippen molar-refractivity contribution in [2.75, 3.05) is 7.05 Å². The van der Waals surface area contributed by atoms with Crippen molar-refractivity contribution < 1.29 is 14.3 Å². The zero-order valence-corrected chi connectivity index (χ0v) is 14.5. The Hall–Kier alpha value is -1.98. The average Bonchev–Trinajstić information content (AvgIpc) is 2.55. The minimum atomic E-state index is -0.696. The van der Waals surface area contributed by atoms with Gasteiger partial charge in [-0.1, -0.05) is 58.4 Å². The number of Topliss-reactive ketones (excluding diaryl/α,β-unsaturated/α-hetero) is 1. The lowest BCUT2D eigenvalue weighted by molar-refractivity contribution is -0.147. The van der Waals surface area contributed by atoms with Crippen LogP contribution in [-0.2, 0) is 9.53 Å². The molecule has 2 atom stereocenters. The Labute approximate surface area is 144 Å². The number of esters is 1. The van der Waals surface area contributed by atoms with E-state index >= 15 is 0 Å². The van der Waals surface area contributed by atoms with Crippen molar-refractivity contribution in [3.63, 3.8) is 0 Å². The second-order valence-corrected chi connectivity index (χ2v) is 5.99. The molecule has 0 aromatic heterocycles. The van der Waals surface area contributed by atoms with E-state index in [1.807, 2.05) is 30.3 Å². The summed E-state index contributed by atoms with van der Waals surface area (Å²) in [6.07, 6.45) is -0.696. The summed E-state index contributed by atoms with van der Waals surface area (Å²) < 4.78 is 6.35. The van der Waals surface area contributed by atoms with Gasteiger partial charge >= 0.3 is 5.97 Å². The summed E-state index contributed by atoms with van der Waals surface area (Å²) in [5, 5.41) is 2.98. The van der Waals surface area contributed by atoms with Crippen LogP contribution in [0.5, 0.6) is 0 Å². The van der Waals surface area contributed by atoms with Gasteiger partial charge in [-0.25, -0.2) is 0 Å². The number of halogens is 1. The van der Waals surface area contributed by atoms with Gasteiger partial charge < -0.3 is 10.1 Å². The maximum atomic E-state index is 12.8. The number of hydrogen-bond acceptors (Lipinski definition) is 4. The number of benzene rings is 2. The second kappa shape index (κ2) is 8.04. The highest BCUT2D eigenvalue weighted by atomic mass is 79.9. The van der Waals surface area contributed by atoms with Gasteiger partial charge in [0.2, 0.25) is 0 Å². The summed E-state index contributed by atoms with van der Waals surface area (Å²) in [6, 6.07) is 15.7. The molecule has 1 N–H and O–H groups in total. The fraction of sp³-hybridized carbons (Fsp3) is 0.222. The smallest absolute Gasteiger partial charge is 0.303 e. The van der Waals surface area contributed by atoms with Crippen LogP contribution in [0.3, 0.4) is 0 Å². The van der Waals surface area contributed by atoms with E-state index in [0.29, 0.717) is 5.56 Å². The number of carbonyl (C=O) groups excluding carboxylic acids is 2. The van der Waals surface area contributed by atoms with E-state index in [2.05, 4.69) is 21.2 Å². The van der Waals surface area contributed by atoms with Gasteiger partial charge in [-0.3, -0.25) is 9.59 Å². The van der Waals surface area contributed by atoms with Gasteiger partial charge in [-0.15, -0.1) is 0 Å². The Morgan fingerprint density at radius 1 is 1.04 bits per heavy atom. The molecule has 23 heavy (non-hydrogen) atoms. The molecule has 0 saturated heterocycles. The maximum absolute atomic E-state index is 12.8. The van der Waals surface area contributed by atoms with Crippen LogP contribution in [0.25, 0.3) is 0 Å². The summed E-state index contributed by atoms with van der Waals surface area (Å²) in [5.74, 6) is -0.554. The molecule has 0 fully saturated rings. The minimum absolute atomic E-state index is 0.123. The Bertz CT molecular complexity index is 670. The van der Waals surface area contributed by atoms with Gasteiger partial charge in [0, 0.05) is 17.0 Å². The quantitative estimate of drug-likeness (QED) is 0.619. The van der Waals surface area contributed by atoms with Crippen molar-refractivity contribution in [2.45, 2.75) is 19.1 Å². The topological polar surface area (TPSA) is 55.4 Å². The minimum Gasteiger partial charge on any atom is -0.455 e. The molecular formula is C18H18BrNO3. The van der Waals surface area contributed by atoms with E-state index in [9.17, 15) is 9.59 Å². The van der Waals surface area contributed by atoms with Crippen LogP contribution in [0.15, 0.2) is 59.1 Å². The molecule has 0 aliphatic heterocycles. The molecule has 120 valence electrons. The van der Waals surface area contributed by atoms with Crippen LogP contribution in [0.1, 0.15) is 28.9 Å². The molecular weight excluding hydrogens is 358 g/mol. The molecule has 0 amide bonds. The first-order valence-electron chi connectivity index (χ1n) is 7.22. The molecule has 0 aliphatic carbocycles. The normalized spacial score (nSPS) is 13.2. The number of nitrogens with one attached hydrogen (secondary N) is 1. The molecule has 2 aromatic carbocycles. The third-order valence-electron chi connectivity index (χ3n) is 3.45. The lowest BCUT2D eigenvalue weighted by atomic mass is 9.95. The first-order valence-corrected chi connectivity index (χ1v) is 8.01. The highest BCUT2D eigenvalue weighted by Gasteiger charge is 2.31. The zero-order chi connectivity index (χ0) is 16.8. The van der Waals surface area contributed by atoms with Gasteiger partial charge in [0.25, 0.3) is 0 Å². The Kier molecular flexibility index (Phi) is 6.07. The van der Waals surface area contributed by atoms with Crippen molar-refractivity contribution in [2.24, 2.45) is 0 Å². The van der Waals surface area contributed by atoms with Crippen molar-refractivity contribution in [3.05, 3.63) is 70.2 Å². The van der Waals surface area contributed by atoms with E-state index in [4.69, 9.17) is 4.74 Å². The highest BCUT2D eigenvalue weighted by molar-refractivity contribution is 9.10. The molecule has 0 saturated carbocycles. The molecule has 0 unspecified atom stereocenters. The number of ether oxygens (including phenoxy) is 1. The van der Waals surface area contributed by atoms with Crippen LogP contribution in [-0.4, -0.2) is 24.8 Å². The highest BCUT2D eigenvalue weighted by Crippen LogP contribution is 2.25. The lowest BCUT2D eigenvalue weighted by Gasteiger charge is -2.26. The van der Waals surface area contributed by atoms with Gasteiger partial charge in [0.1, 0.15) is 12.1 Å². The van der Waals surface area contributed by atoms with Crippen LogP contribution < -0.4 is 5.32 Å². The third kappa shape index (κ3) is 4.50. The fourth-order valence-electron chi connectivity index (χ4n) is 2.36. The standard InChI is InChI=1S/C18H18BrNO3/c1-12(21)23-18(14-8-10-15(19)11-9-14)16(20-2)17(22)13-6-4-3-5-7-13/h3-11,16,18,20H,1-2H3/t16-,18-/m1/s1. The Balaban J connectivity index is 2.37. The van der Waals surface area contributed by atoms with Crippen LogP contribution in [0.2, 0.25) is 0 Å². The lowest BCUT2D eigenvalue weighted by Crippen LogP contribution is -2.41. The van der Waals surface area contributed by atoms with E-state index in [0.717, 1.165) is 10.0 Å². The van der Waals surface area contributed by atoms with Gasteiger partial charge in [-0.05, 0) is 24.7 Å².